The van der Waals surface area contributed by atoms with E-state index in [-0.39, 0.29) is 40.6 Å². The first-order chi connectivity index (χ1) is 17.0. The number of hydrogen-bond acceptors (Lipinski definition) is 5. The maximum absolute atomic E-state index is 12.4. The zero-order valence-electron chi connectivity index (χ0n) is 23.9. The van der Waals surface area contributed by atoms with Gasteiger partial charge in [0.2, 0.25) is 0 Å². The molecule has 1 heterocycles. The minimum Gasteiger partial charge on any atom is -0.481 e. The van der Waals surface area contributed by atoms with Gasteiger partial charge in [-0.15, -0.1) is 0 Å². The van der Waals surface area contributed by atoms with Gasteiger partial charge in [0.15, 0.2) is 5.79 Å². The van der Waals surface area contributed by atoms with Crippen molar-refractivity contribution in [1.29, 1.82) is 0 Å². The second-order valence-electron chi connectivity index (χ2n) is 16.0. The van der Waals surface area contributed by atoms with Crippen molar-refractivity contribution in [2.45, 2.75) is 118 Å². The highest BCUT2D eigenvalue weighted by molar-refractivity contribution is 5.74. The lowest BCUT2D eigenvalue weighted by molar-refractivity contribution is -0.332. The SMILES string of the molecule is CC1C2(O)CC(O)C3(CO)C4(C)CCC5(C)C6CC(C)(C(=O)O)CCC6(C)CCC5(C)C4CCC13CO2. The van der Waals surface area contributed by atoms with Crippen LogP contribution in [-0.2, 0) is 9.53 Å². The molecular weight excluding hydrogens is 468 g/mol. The fraction of sp³-hybridized carbons (Fsp3) is 0.968. The van der Waals surface area contributed by atoms with Crippen molar-refractivity contribution in [3.05, 3.63) is 0 Å². The largest absolute Gasteiger partial charge is 0.481 e. The number of aliphatic hydroxyl groups is 3. The number of hydrogen-bond donors (Lipinski definition) is 4. The van der Waals surface area contributed by atoms with E-state index in [2.05, 4.69) is 34.6 Å². The van der Waals surface area contributed by atoms with Gasteiger partial charge in [0, 0.05) is 23.2 Å². The molecule has 0 aromatic rings. The third-order valence-corrected chi connectivity index (χ3v) is 15.4. The molecule has 6 heteroatoms. The Morgan fingerprint density at radius 3 is 2.11 bits per heavy atom. The van der Waals surface area contributed by atoms with Crippen LogP contribution in [0.2, 0.25) is 0 Å². The minimum absolute atomic E-state index is 0.000599. The molecule has 6 aliphatic rings. The van der Waals surface area contributed by atoms with Crippen LogP contribution in [0.15, 0.2) is 0 Å². The number of aliphatic hydroxyl groups excluding tert-OH is 2. The Labute approximate surface area is 222 Å². The quantitative estimate of drug-likeness (QED) is 0.411. The van der Waals surface area contributed by atoms with E-state index < -0.39 is 34.1 Å². The van der Waals surface area contributed by atoms with Gasteiger partial charge in [0.05, 0.1) is 24.7 Å². The molecule has 37 heavy (non-hydrogen) atoms. The van der Waals surface area contributed by atoms with E-state index in [4.69, 9.17) is 4.74 Å². The highest BCUT2D eigenvalue weighted by Gasteiger charge is 2.81. The lowest BCUT2D eigenvalue weighted by Gasteiger charge is -2.77. The number of carbonyl (C=O) groups is 1. The molecule has 2 bridgehead atoms. The van der Waals surface area contributed by atoms with Gasteiger partial charge in [-0.05, 0) is 98.2 Å². The van der Waals surface area contributed by atoms with Gasteiger partial charge in [-0.25, -0.2) is 0 Å². The molecule has 0 radical (unpaired) electrons. The maximum atomic E-state index is 12.4. The van der Waals surface area contributed by atoms with Crippen molar-refractivity contribution < 1.29 is 30.0 Å². The average molecular weight is 519 g/mol. The first-order valence-corrected chi connectivity index (χ1v) is 14.9. The molecule has 5 aliphatic carbocycles. The van der Waals surface area contributed by atoms with E-state index in [0.717, 1.165) is 57.8 Å². The number of ether oxygens (including phenoxy) is 1. The van der Waals surface area contributed by atoms with Crippen LogP contribution in [0.4, 0.5) is 0 Å². The smallest absolute Gasteiger partial charge is 0.309 e. The van der Waals surface area contributed by atoms with Gasteiger partial charge < -0.3 is 25.2 Å². The standard InChI is InChI=1S/C31H50O6/c1-19-29-8-7-20-26(4)12-11-24(2)9-10-25(3,23(34)35)15-21(24)27(26,5)13-14-28(20,6)30(29,17-32)22(33)16-31(19,36)37-18-29/h19-22,32-33,36H,7-18H2,1-6H3,(H,34,35). The Balaban J connectivity index is 1.46. The number of rotatable bonds is 2. The van der Waals surface area contributed by atoms with E-state index in [1.54, 1.807) is 0 Å². The van der Waals surface area contributed by atoms with Gasteiger partial charge in [-0.2, -0.15) is 0 Å². The zero-order valence-corrected chi connectivity index (χ0v) is 23.9. The molecule has 12 unspecified atom stereocenters. The molecule has 6 nitrogen and oxygen atoms in total. The van der Waals surface area contributed by atoms with Crippen molar-refractivity contribution in [2.24, 2.45) is 55.7 Å². The van der Waals surface area contributed by atoms with Crippen LogP contribution in [0.5, 0.6) is 0 Å². The summed E-state index contributed by atoms with van der Waals surface area (Å²) in [6.45, 7) is 14.1. The van der Waals surface area contributed by atoms with Crippen molar-refractivity contribution in [3.8, 4) is 0 Å². The van der Waals surface area contributed by atoms with Crippen LogP contribution >= 0.6 is 0 Å². The van der Waals surface area contributed by atoms with Gasteiger partial charge in [0.1, 0.15) is 0 Å². The van der Waals surface area contributed by atoms with E-state index in [9.17, 15) is 25.2 Å². The summed E-state index contributed by atoms with van der Waals surface area (Å²) in [7, 11) is 0. The first-order valence-electron chi connectivity index (χ1n) is 14.9. The molecular formula is C31H50O6. The van der Waals surface area contributed by atoms with Crippen LogP contribution in [0.25, 0.3) is 0 Å². The number of fused-ring (bicyclic) bond motifs is 7. The summed E-state index contributed by atoms with van der Waals surface area (Å²) >= 11 is 0. The number of carboxylic acids is 1. The molecule has 1 spiro atoms. The fourth-order valence-corrected chi connectivity index (χ4v) is 12.6. The van der Waals surface area contributed by atoms with Crippen LogP contribution in [0.3, 0.4) is 0 Å². The summed E-state index contributed by atoms with van der Waals surface area (Å²) in [5.41, 5.74) is -1.99. The fourth-order valence-electron chi connectivity index (χ4n) is 12.6. The third kappa shape index (κ3) is 2.66. The molecule has 1 saturated heterocycles. The molecule has 4 N–H and O–H groups in total. The predicted molar refractivity (Wildman–Crippen MR) is 139 cm³/mol. The van der Waals surface area contributed by atoms with Crippen LogP contribution < -0.4 is 0 Å². The highest BCUT2D eigenvalue weighted by atomic mass is 16.6. The Kier molecular flexibility index (Phi) is 5.25. The Morgan fingerprint density at radius 2 is 1.46 bits per heavy atom. The summed E-state index contributed by atoms with van der Waals surface area (Å²) in [5.74, 6) is -1.46. The molecule has 6 fully saturated rings. The second-order valence-corrected chi connectivity index (χ2v) is 16.0. The van der Waals surface area contributed by atoms with Gasteiger partial charge in [-0.3, -0.25) is 4.79 Å². The van der Waals surface area contributed by atoms with Gasteiger partial charge >= 0.3 is 5.97 Å². The normalized spacial score (nSPS) is 62.6. The lowest BCUT2D eigenvalue weighted by Crippen LogP contribution is -2.76. The molecule has 6 rings (SSSR count). The number of aliphatic carboxylic acids is 1. The van der Waals surface area contributed by atoms with E-state index >= 15 is 0 Å². The zero-order chi connectivity index (χ0) is 27.1. The lowest BCUT2D eigenvalue weighted by atomic mass is 9.27. The average Bonchev–Trinajstić information content (AvgIpc) is 3.01. The van der Waals surface area contributed by atoms with E-state index in [1.165, 1.54) is 0 Å². The van der Waals surface area contributed by atoms with Crippen LogP contribution in [0, 0.1) is 55.7 Å². The van der Waals surface area contributed by atoms with Gasteiger partial charge in [0.25, 0.3) is 0 Å². The molecule has 0 aromatic carbocycles. The molecule has 0 aromatic heterocycles. The monoisotopic (exact) mass is 518 g/mol. The summed E-state index contributed by atoms with van der Waals surface area (Å²) in [6, 6.07) is 0. The third-order valence-electron chi connectivity index (χ3n) is 15.4. The topological polar surface area (TPSA) is 107 Å². The first kappa shape index (κ1) is 26.5. The Bertz CT molecular complexity index is 1020. The second kappa shape index (κ2) is 7.33. The van der Waals surface area contributed by atoms with Gasteiger partial charge in [-0.1, -0.05) is 34.6 Å². The minimum atomic E-state index is -1.32. The van der Waals surface area contributed by atoms with E-state index in [1.807, 2.05) is 6.92 Å². The van der Waals surface area contributed by atoms with Crippen molar-refractivity contribution in [3.63, 3.8) is 0 Å². The van der Waals surface area contributed by atoms with Crippen LogP contribution in [-0.4, -0.2) is 51.5 Å². The highest BCUT2D eigenvalue weighted by Crippen LogP contribution is 2.82. The molecule has 5 saturated carbocycles. The van der Waals surface area contributed by atoms with Crippen molar-refractivity contribution in [2.75, 3.05) is 13.2 Å². The van der Waals surface area contributed by atoms with Crippen LogP contribution in [0.1, 0.15) is 106 Å². The summed E-state index contributed by atoms with van der Waals surface area (Å²) in [5, 5.41) is 44.7. The Hall–Kier alpha value is -0.690. The summed E-state index contributed by atoms with van der Waals surface area (Å²) in [4.78, 5) is 12.4. The summed E-state index contributed by atoms with van der Waals surface area (Å²) < 4.78 is 6.07. The molecule has 0 amide bonds. The predicted octanol–water partition coefficient (Wildman–Crippen LogP) is 4.98. The molecule has 12 atom stereocenters. The Morgan fingerprint density at radius 1 is 0.865 bits per heavy atom. The van der Waals surface area contributed by atoms with Crippen molar-refractivity contribution >= 4 is 5.97 Å². The summed E-state index contributed by atoms with van der Waals surface area (Å²) in [6.07, 6.45) is 7.77. The van der Waals surface area contributed by atoms with E-state index in [0.29, 0.717) is 18.4 Å². The molecule has 1 aliphatic heterocycles. The maximum Gasteiger partial charge on any atom is 0.309 e. The molecule has 210 valence electrons. The van der Waals surface area contributed by atoms with Crippen molar-refractivity contribution in [1.82, 2.24) is 0 Å². The number of carboxylic acid groups (broad SMARTS) is 1.